The van der Waals surface area contributed by atoms with Crippen molar-refractivity contribution in [2.75, 3.05) is 27.9 Å². The summed E-state index contributed by atoms with van der Waals surface area (Å²) in [5, 5.41) is 87.0. The Morgan fingerprint density at radius 1 is 0.672 bits per heavy atom. The Balaban J connectivity index is 0.847. The van der Waals surface area contributed by atoms with E-state index >= 15 is 0 Å². The van der Waals surface area contributed by atoms with Gasteiger partial charge in [0.05, 0.1) is 61.0 Å². The summed E-state index contributed by atoms with van der Waals surface area (Å²) in [6.45, 7) is 10.9. The van der Waals surface area contributed by atoms with Crippen LogP contribution in [0.15, 0.2) is 11.6 Å². The van der Waals surface area contributed by atoms with Gasteiger partial charge >= 0.3 is 0 Å². The molecule has 19 nitrogen and oxygen atoms in total. The van der Waals surface area contributed by atoms with Crippen LogP contribution >= 0.6 is 0 Å². The summed E-state index contributed by atoms with van der Waals surface area (Å²) in [6, 6.07) is 0. The van der Waals surface area contributed by atoms with Crippen molar-refractivity contribution in [2.24, 2.45) is 28.6 Å². The first-order valence-corrected chi connectivity index (χ1v) is 24.7. The van der Waals surface area contributed by atoms with Crippen LogP contribution in [0, 0.1) is 28.6 Å². The summed E-state index contributed by atoms with van der Waals surface area (Å²) < 4.78 is 67.8. The van der Waals surface area contributed by atoms with Crippen LogP contribution in [0.5, 0.6) is 0 Å². The highest BCUT2D eigenvalue weighted by molar-refractivity contribution is 5.29. The van der Waals surface area contributed by atoms with Crippen LogP contribution in [0.3, 0.4) is 0 Å². The number of rotatable bonds is 13. The minimum atomic E-state index is -1.66. The molecule has 4 aliphatic carbocycles. The van der Waals surface area contributed by atoms with E-state index in [1.807, 2.05) is 20.8 Å². The Morgan fingerprint density at radius 2 is 1.27 bits per heavy atom. The van der Waals surface area contributed by atoms with Gasteiger partial charge in [-0.05, 0) is 95.8 Å². The summed E-state index contributed by atoms with van der Waals surface area (Å²) in [4.78, 5) is 0. The van der Waals surface area contributed by atoms with Gasteiger partial charge in [-0.2, -0.15) is 0 Å². The molecule has 27 atom stereocenters. The third-order valence-corrected chi connectivity index (χ3v) is 17.9. The highest BCUT2D eigenvalue weighted by Crippen LogP contribution is 2.68. The number of hydrogen-bond donors (Lipinski definition) is 8. The number of ether oxygens (including phenoxy) is 11. The van der Waals surface area contributed by atoms with Gasteiger partial charge in [0.15, 0.2) is 25.2 Å². The molecular formula is C48H80O19. The Kier molecular flexibility index (Phi) is 16.0. The summed E-state index contributed by atoms with van der Waals surface area (Å²) >= 11 is 0. The van der Waals surface area contributed by atoms with Crippen LogP contribution in [-0.2, 0) is 52.1 Å². The molecule has 0 spiro atoms. The SMILES string of the molecule is CO[C@H]1[C@@H](O)[C@H](O[C@@H]2[C@@H](OC)C[C@H](O[C@@H]3[C@@H](OC)C[C@H](O[C@H]4CC[C@@]5(C)C(=CC[C@@H]6[C@@H]5C[C@@H](O)[C@]5(C)[C@@H]([C@H](C)O)CC[C@]65O)C4)O[C@@H]3C)O[C@@H]2C)O[C@H](C)[C@H]1O[C@H]1O[C@H](CO)[C@@H](O)[C@H](O)[C@H]1O. The van der Waals surface area contributed by atoms with Crippen molar-refractivity contribution in [3.8, 4) is 0 Å². The molecule has 67 heavy (non-hydrogen) atoms. The van der Waals surface area contributed by atoms with Crippen molar-refractivity contribution < 1.29 is 93.0 Å². The molecule has 3 saturated carbocycles. The maximum Gasteiger partial charge on any atom is 0.187 e. The first kappa shape index (κ1) is 52.3. The van der Waals surface area contributed by atoms with E-state index in [1.165, 1.54) is 12.7 Å². The Morgan fingerprint density at radius 3 is 1.88 bits per heavy atom. The summed E-state index contributed by atoms with van der Waals surface area (Å²) in [7, 11) is 4.58. The molecule has 4 aliphatic heterocycles. The molecule has 386 valence electrons. The molecule has 4 heterocycles. The fourth-order valence-corrected chi connectivity index (χ4v) is 14.0. The van der Waals surface area contributed by atoms with E-state index < -0.39 is 134 Å². The third kappa shape index (κ3) is 9.24. The van der Waals surface area contributed by atoms with Crippen LogP contribution < -0.4 is 0 Å². The summed E-state index contributed by atoms with van der Waals surface area (Å²) in [5.41, 5.74) is -0.639. The molecule has 0 unspecified atom stereocenters. The van der Waals surface area contributed by atoms with E-state index in [4.69, 9.17) is 52.1 Å². The largest absolute Gasteiger partial charge is 0.394 e. The monoisotopic (exact) mass is 961 g/mol. The van der Waals surface area contributed by atoms with Gasteiger partial charge in [-0.15, -0.1) is 0 Å². The van der Waals surface area contributed by atoms with E-state index in [1.54, 1.807) is 28.1 Å². The first-order valence-electron chi connectivity index (χ1n) is 24.7. The van der Waals surface area contributed by atoms with Crippen LogP contribution in [-0.4, -0.2) is 203 Å². The van der Waals surface area contributed by atoms with Gasteiger partial charge in [-0.1, -0.05) is 25.5 Å². The van der Waals surface area contributed by atoms with Crippen molar-refractivity contribution in [1.82, 2.24) is 0 Å². The standard InChI is InChI=1S/C48H80O19/c1-21(50)27-13-15-48(56)28-11-10-25-16-26(12-14-46(25,5)29(28)17-33(51)47(27,48)6)63-34-18-30(57-7)40(22(2)60-34)65-35-19-31(58-8)41(23(3)61-35)66-45-39(55)43(59-9)42(24(4)62-45)67-44-38(54)37(53)36(52)32(20-49)64-44/h10,21-24,26-45,49-56H,11-20H2,1-9H3/t21-,22+,23+,24+,26-,27+,28+,29-,30-,31-,32+,33+,34-,35-,36+,37-,38+,39+,40-,41-,42+,43-,44+,45-,46-,47-,48-/m0/s1. The lowest BCUT2D eigenvalue weighted by Crippen LogP contribution is -2.66. The van der Waals surface area contributed by atoms with E-state index in [0.717, 1.165) is 25.7 Å². The minimum Gasteiger partial charge on any atom is -0.394 e. The maximum atomic E-state index is 12.4. The van der Waals surface area contributed by atoms with Crippen LogP contribution in [0.1, 0.15) is 99.3 Å². The third-order valence-electron chi connectivity index (χ3n) is 17.9. The second kappa shape index (κ2) is 20.5. The first-order chi connectivity index (χ1) is 31.7. The van der Waals surface area contributed by atoms with Crippen molar-refractivity contribution in [3.63, 3.8) is 0 Å². The molecule has 0 aromatic rings. The number of fused-ring (bicyclic) bond motifs is 5. The number of aliphatic hydroxyl groups is 8. The molecule has 4 saturated heterocycles. The van der Waals surface area contributed by atoms with E-state index in [2.05, 4.69) is 13.0 Å². The number of allylic oxidation sites excluding steroid dienone is 1. The van der Waals surface area contributed by atoms with Crippen molar-refractivity contribution in [3.05, 3.63) is 11.6 Å². The van der Waals surface area contributed by atoms with Gasteiger partial charge < -0.3 is 93.0 Å². The topological polar surface area (TPSA) is 263 Å². The van der Waals surface area contributed by atoms with Gasteiger partial charge in [0.1, 0.15) is 54.9 Å². The van der Waals surface area contributed by atoms with Gasteiger partial charge in [0.25, 0.3) is 0 Å². The van der Waals surface area contributed by atoms with E-state index in [0.29, 0.717) is 25.7 Å². The molecule has 8 aliphatic rings. The van der Waals surface area contributed by atoms with E-state index in [9.17, 15) is 40.9 Å². The van der Waals surface area contributed by atoms with Crippen molar-refractivity contribution in [1.29, 1.82) is 0 Å². The highest BCUT2D eigenvalue weighted by atomic mass is 16.8. The molecule has 8 N–H and O–H groups in total. The molecular weight excluding hydrogens is 881 g/mol. The molecule has 0 aromatic carbocycles. The Labute approximate surface area is 394 Å². The molecule has 0 amide bonds. The zero-order valence-electron chi connectivity index (χ0n) is 40.6. The second-order valence-corrected chi connectivity index (χ2v) is 21.4. The van der Waals surface area contributed by atoms with Crippen molar-refractivity contribution in [2.45, 2.75) is 234 Å². The van der Waals surface area contributed by atoms with Crippen molar-refractivity contribution >= 4 is 0 Å². The summed E-state index contributed by atoms with van der Waals surface area (Å²) in [5.74, 6) is 0.00111. The molecule has 0 aromatic heterocycles. The highest BCUT2D eigenvalue weighted by Gasteiger charge is 2.70. The average molecular weight is 961 g/mol. The molecule has 7 fully saturated rings. The number of aliphatic hydroxyl groups excluding tert-OH is 7. The molecule has 0 radical (unpaired) electrons. The smallest absolute Gasteiger partial charge is 0.187 e. The Bertz CT molecular complexity index is 1690. The van der Waals surface area contributed by atoms with Gasteiger partial charge in [0, 0.05) is 39.6 Å². The lowest BCUT2D eigenvalue weighted by Gasteiger charge is -2.63. The minimum absolute atomic E-state index is 0.0182. The Hall–Kier alpha value is -1.02. The normalized spacial score (nSPS) is 54.1. The van der Waals surface area contributed by atoms with Crippen LogP contribution in [0.4, 0.5) is 0 Å². The summed E-state index contributed by atoms with van der Waals surface area (Å²) in [6.07, 6.45) is -10.7. The van der Waals surface area contributed by atoms with Crippen LogP contribution in [0.2, 0.25) is 0 Å². The van der Waals surface area contributed by atoms with Gasteiger partial charge in [0.2, 0.25) is 0 Å². The zero-order valence-corrected chi connectivity index (χ0v) is 40.6. The molecule has 0 bridgehead atoms. The number of hydrogen-bond acceptors (Lipinski definition) is 19. The van der Waals surface area contributed by atoms with Gasteiger partial charge in [-0.3, -0.25) is 0 Å². The average Bonchev–Trinajstić information content (AvgIpc) is 3.59. The van der Waals surface area contributed by atoms with Gasteiger partial charge in [-0.25, -0.2) is 0 Å². The predicted molar refractivity (Wildman–Crippen MR) is 234 cm³/mol. The van der Waals surface area contributed by atoms with Crippen LogP contribution in [0.25, 0.3) is 0 Å². The maximum absolute atomic E-state index is 12.4. The quantitative estimate of drug-likeness (QED) is 0.119. The molecule has 19 heteroatoms. The zero-order chi connectivity index (χ0) is 48.5. The fraction of sp³-hybridized carbons (Fsp3) is 0.958. The molecule has 8 rings (SSSR count). The van der Waals surface area contributed by atoms with E-state index in [-0.39, 0.29) is 41.8 Å². The second-order valence-electron chi connectivity index (χ2n) is 21.4. The number of methoxy groups -OCH3 is 3. The fourth-order valence-electron chi connectivity index (χ4n) is 14.0. The lowest BCUT2D eigenvalue weighted by molar-refractivity contribution is -0.373. The lowest BCUT2D eigenvalue weighted by atomic mass is 9.45. The predicted octanol–water partition coefficient (Wildman–Crippen LogP) is 0.793.